The molecule has 5 nitrogen and oxygen atoms in total. The van der Waals surface area contributed by atoms with E-state index in [-0.39, 0.29) is 19.1 Å². The van der Waals surface area contributed by atoms with Gasteiger partial charge in [-0.3, -0.25) is 4.79 Å². The molecule has 2 aromatic carbocycles. The molecule has 0 atom stereocenters. The summed E-state index contributed by atoms with van der Waals surface area (Å²) in [4.78, 5) is 14.1. The Balaban J connectivity index is 1.90. The van der Waals surface area contributed by atoms with E-state index in [1.54, 1.807) is 11.9 Å². The third-order valence-electron chi connectivity index (χ3n) is 4.19. The van der Waals surface area contributed by atoms with Crippen LogP contribution in [0.25, 0.3) is 11.1 Å². The van der Waals surface area contributed by atoms with Crippen LogP contribution in [0.15, 0.2) is 42.5 Å². The lowest BCUT2D eigenvalue weighted by atomic mass is 9.96. The molecule has 0 saturated carbocycles. The summed E-state index contributed by atoms with van der Waals surface area (Å²) in [5.41, 5.74) is 3.25. The highest BCUT2D eigenvalue weighted by atomic mass is 16.5. The molecule has 0 aromatic heterocycles. The smallest absolute Gasteiger partial charge is 0.251 e. The lowest BCUT2D eigenvalue weighted by Crippen LogP contribution is -2.52. The Bertz CT molecular complexity index is 754. The summed E-state index contributed by atoms with van der Waals surface area (Å²) >= 11 is 0. The maximum Gasteiger partial charge on any atom is 0.251 e. The number of amides is 1. The molecule has 2 aromatic rings. The molecule has 1 heterocycles. The van der Waals surface area contributed by atoms with Crippen molar-refractivity contribution >= 4 is 17.3 Å². The predicted octanol–water partition coefficient (Wildman–Crippen LogP) is 3.33. The van der Waals surface area contributed by atoms with Crippen LogP contribution < -0.4 is 15.0 Å². The third-order valence-corrected chi connectivity index (χ3v) is 4.19. The van der Waals surface area contributed by atoms with Crippen molar-refractivity contribution in [3.8, 4) is 16.9 Å². The summed E-state index contributed by atoms with van der Waals surface area (Å²) in [6, 6.07) is 13.6. The zero-order valence-electron chi connectivity index (χ0n) is 14.1. The van der Waals surface area contributed by atoms with E-state index in [4.69, 9.17) is 4.74 Å². The first kappa shape index (κ1) is 16.3. The number of carbonyl (C=O) groups is 1. The number of rotatable bonds is 4. The number of likely N-dealkylation sites (N-methyl/N-ethyl adjacent to an activating group) is 1. The third kappa shape index (κ3) is 2.95. The lowest BCUT2D eigenvalue weighted by molar-refractivity contribution is -0.121. The molecule has 0 fully saturated rings. The van der Waals surface area contributed by atoms with Crippen LogP contribution in [0.2, 0.25) is 0 Å². The zero-order chi connectivity index (χ0) is 17.3. The van der Waals surface area contributed by atoms with E-state index < -0.39 is 5.54 Å². The van der Waals surface area contributed by atoms with Crippen LogP contribution in [-0.2, 0) is 9.90 Å². The number of hydrogen-bond donors (Lipinski definition) is 1. The molecule has 0 saturated heterocycles. The summed E-state index contributed by atoms with van der Waals surface area (Å²) in [6.45, 7) is 3.68. The molecule has 0 aliphatic carbocycles. The van der Waals surface area contributed by atoms with E-state index >= 15 is 0 Å². The summed E-state index contributed by atoms with van der Waals surface area (Å²) < 4.78 is 5.32. The summed E-state index contributed by atoms with van der Waals surface area (Å²) in [7, 11) is 1.80. The molecular formula is C19H21N2O3. The van der Waals surface area contributed by atoms with Crippen molar-refractivity contribution < 1.29 is 14.6 Å². The van der Waals surface area contributed by atoms with Gasteiger partial charge in [-0.15, -0.1) is 0 Å². The molecule has 0 spiro atoms. The molecule has 1 radical (unpaired) electrons. The first-order valence-electron chi connectivity index (χ1n) is 7.94. The normalized spacial score (nSPS) is 15.7. The van der Waals surface area contributed by atoms with Crippen molar-refractivity contribution in [1.82, 2.24) is 0 Å². The monoisotopic (exact) mass is 325 g/mol. The number of benzene rings is 2. The van der Waals surface area contributed by atoms with E-state index in [9.17, 15) is 9.90 Å². The number of fused-ring (bicyclic) bond motifs is 1. The van der Waals surface area contributed by atoms with E-state index in [0.717, 1.165) is 22.5 Å². The second-order valence-electron chi connectivity index (χ2n) is 6.42. The second kappa shape index (κ2) is 6.17. The van der Waals surface area contributed by atoms with Crippen molar-refractivity contribution in [2.24, 2.45) is 0 Å². The van der Waals surface area contributed by atoms with Crippen LogP contribution in [0.4, 0.5) is 11.4 Å². The molecule has 24 heavy (non-hydrogen) atoms. The van der Waals surface area contributed by atoms with Crippen LogP contribution in [-0.4, -0.2) is 31.7 Å². The van der Waals surface area contributed by atoms with Crippen molar-refractivity contribution in [2.45, 2.75) is 19.4 Å². The summed E-state index contributed by atoms with van der Waals surface area (Å²) in [5.74, 6) is 0.719. The fourth-order valence-electron chi connectivity index (χ4n) is 2.92. The maximum atomic E-state index is 12.4. The van der Waals surface area contributed by atoms with Gasteiger partial charge in [0, 0.05) is 7.05 Å². The van der Waals surface area contributed by atoms with Crippen LogP contribution in [0.1, 0.15) is 13.8 Å². The first-order chi connectivity index (χ1) is 11.4. The molecule has 3 rings (SSSR count). The SMILES string of the molecule is CN1C(=O)C(C)(C)Nc2ccc(-c3ccc(OCC[O])cc3)cc21. The van der Waals surface area contributed by atoms with Gasteiger partial charge in [0.05, 0.1) is 11.4 Å². The average molecular weight is 325 g/mol. The highest BCUT2D eigenvalue weighted by Gasteiger charge is 2.36. The number of anilines is 2. The number of nitrogens with one attached hydrogen (secondary N) is 1. The van der Waals surface area contributed by atoms with Gasteiger partial charge in [0.25, 0.3) is 5.91 Å². The topological polar surface area (TPSA) is 61.5 Å². The summed E-state index contributed by atoms with van der Waals surface area (Å²) in [6.07, 6.45) is 0. The Morgan fingerprint density at radius 1 is 1.08 bits per heavy atom. The fourth-order valence-corrected chi connectivity index (χ4v) is 2.92. The largest absolute Gasteiger partial charge is 0.491 e. The van der Waals surface area contributed by atoms with Gasteiger partial charge in [-0.05, 0) is 49.2 Å². The van der Waals surface area contributed by atoms with Gasteiger partial charge >= 0.3 is 0 Å². The highest BCUT2D eigenvalue weighted by molar-refractivity contribution is 6.07. The van der Waals surface area contributed by atoms with E-state index in [0.29, 0.717) is 5.75 Å². The van der Waals surface area contributed by atoms with Gasteiger partial charge in [-0.25, -0.2) is 5.11 Å². The molecule has 0 bridgehead atoms. The van der Waals surface area contributed by atoms with Crippen LogP contribution in [0, 0.1) is 0 Å². The van der Waals surface area contributed by atoms with E-state index in [1.165, 1.54) is 0 Å². The Kier molecular flexibility index (Phi) is 4.20. The standard InChI is InChI=1S/C19H21N2O3/c1-19(2)18(23)21(3)17-12-14(6-9-16(17)20-19)13-4-7-15(8-5-13)24-11-10-22/h4-9,12,20H,10-11H2,1-3H3. The van der Waals surface area contributed by atoms with Gasteiger partial charge in [-0.1, -0.05) is 18.2 Å². The number of carbonyl (C=O) groups excluding carboxylic acids is 1. The highest BCUT2D eigenvalue weighted by Crippen LogP contribution is 2.37. The van der Waals surface area contributed by atoms with Gasteiger partial charge in [0.1, 0.15) is 24.5 Å². The zero-order valence-corrected chi connectivity index (χ0v) is 14.1. The molecule has 1 aliphatic rings. The molecule has 0 unspecified atom stereocenters. The van der Waals surface area contributed by atoms with Crippen molar-refractivity contribution in [2.75, 3.05) is 30.5 Å². The molecule has 5 heteroatoms. The Morgan fingerprint density at radius 3 is 2.42 bits per heavy atom. The summed E-state index contributed by atoms with van der Waals surface area (Å²) in [5, 5.41) is 13.8. The van der Waals surface area contributed by atoms with Gasteiger partial charge in [0.2, 0.25) is 0 Å². The minimum absolute atomic E-state index is 0.0357. The van der Waals surface area contributed by atoms with Gasteiger partial charge in [0.15, 0.2) is 0 Å². The van der Waals surface area contributed by atoms with Crippen molar-refractivity contribution in [1.29, 1.82) is 0 Å². The number of nitrogens with zero attached hydrogens (tertiary/aromatic N) is 1. The first-order valence-corrected chi connectivity index (χ1v) is 7.94. The Labute approximate surface area is 141 Å². The number of ether oxygens (including phenoxy) is 1. The van der Waals surface area contributed by atoms with E-state index in [1.807, 2.05) is 56.3 Å². The number of hydrogen-bond acceptors (Lipinski definition) is 3. The van der Waals surface area contributed by atoms with E-state index in [2.05, 4.69) is 5.32 Å². The van der Waals surface area contributed by atoms with Crippen LogP contribution in [0.5, 0.6) is 5.75 Å². The van der Waals surface area contributed by atoms with Gasteiger partial charge < -0.3 is 15.0 Å². The minimum Gasteiger partial charge on any atom is -0.491 e. The van der Waals surface area contributed by atoms with Crippen molar-refractivity contribution in [3.05, 3.63) is 42.5 Å². The Hall–Kier alpha value is -2.53. The Morgan fingerprint density at radius 2 is 1.75 bits per heavy atom. The predicted molar refractivity (Wildman–Crippen MR) is 94.0 cm³/mol. The quantitative estimate of drug-likeness (QED) is 0.938. The maximum absolute atomic E-state index is 12.4. The van der Waals surface area contributed by atoms with Crippen LogP contribution >= 0.6 is 0 Å². The molecule has 1 N–H and O–H groups in total. The van der Waals surface area contributed by atoms with Crippen molar-refractivity contribution in [3.63, 3.8) is 0 Å². The van der Waals surface area contributed by atoms with Crippen LogP contribution in [0.3, 0.4) is 0 Å². The minimum atomic E-state index is -0.607. The fraction of sp³-hybridized carbons (Fsp3) is 0.316. The van der Waals surface area contributed by atoms with Gasteiger partial charge in [-0.2, -0.15) is 0 Å². The molecule has 1 amide bonds. The molecular weight excluding hydrogens is 304 g/mol. The lowest BCUT2D eigenvalue weighted by Gasteiger charge is -2.38. The molecule has 1 aliphatic heterocycles. The second-order valence-corrected chi connectivity index (χ2v) is 6.42. The average Bonchev–Trinajstić information content (AvgIpc) is 2.58. The molecule has 125 valence electrons.